The van der Waals surface area contributed by atoms with Crippen molar-refractivity contribution in [3.05, 3.63) is 59.4 Å². The number of hydrogen-bond donors (Lipinski definition) is 2. The van der Waals surface area contributed by atoms with E-state index in [2.05, 4.69) is 24.0 Å². The molecular formula is C21H25N3O2S. The van der Waals surface area contributed by atoms with Crippen molar-refractivity contribution < 1.29 is 9.84 Å². The van der Waals surface area contributed by atoms with Crippen LogP contribution in [0.25, 0.3) is 0 Å². The van der Waals surface area contributed by atoms with Crippen LogP contribution in [0, 0.1) is 6.92 Å². The van der Waals surface area contributed by atoms with Crippen molar-refractivity contribution in [3.63, 3.8) is 0 Å². The quantitative estimate of drug-likeness (QED) is 0.845. The second kappa shape index (κ2) is 6.84. The lowest BCUT2D eigenvalue weighted by atomic mass is 9.81. The Hall–Kier alpha value is -2.05. The molecule has 2 aliphatic rings. The van der Waals surface area contributed by atoms with Gasteiger partial charge in [-0.25, -0.2) is 0 Å². The van der Waals surface area contributed by atoms with Crippen molar-refractivity contribution in [2.45, 2.75) is 50.4 Å². The van der Waals surface area contributed by atoms with Gasteiger partial charge in [0.15, 0.2) is 5.17 Å². The third kappa shape index (κ3) is 3.56. The zero-order valence-corrected chi connectivity index (χ0v) is 16.5. The number of aliphatic hydroxyl groups is 1. The molecule has 3 atom stereocenters. The van der Waals surface area contributed by atoms with Crippen LogP contribution in [0.5, 0.6) is 5.75 Å². The second-order valence-electron chi connectivity index (χ2n) is 7.74. The van der Waals surface area contributed by atoms with Gasteiger partial charge in [0.05, 0.1) is 5.69 Å². The number of aliphatic imine (C=N–C) groups is 1. The van der Waals surface area contributed by atoms with Crippen LogP contribution < -0.4 is 10.5 Å². The minimum atomic E-state index is -0.988. The lowest BCUT2D eigenvalue weighted by molar-refractivity contribution is 0.0216. The highest BCUT2D eigenvalue weighted by Crippen LogP contribution is 2.48. The van der Waals surface area contributed by atoms with Crippen LogP contribution in [0.4, 0.5) is 0 Å². The van der Waals surface area contributed by atoms with Gasteiger partial charge >= 0.3 is 0 Å². The standard InChI is InChI=1S/C21H25N3O2S/c1-14-6-7-17-16(11-14)21(13-27-19(22)24-21)12-15(26-17)8-9-20(2,25)18-5-3-4-10-23-18/h3-7,10-11,15,25H,8-9,12-13H2,1-2H3,(H2,22,24)/t15-,20?,21+/m0/s1. The highest BCUT2D eigenvalue weighted by atomic mass is 32.2. The van der Waals surface area contributed by atoms with Gasteiger partial charge in [0.1, 0.15) is 23.0 Å². The SMILES string of the molecule is Cc1ccc2c(c1)[C@]1(CSC(N)=N1)C[C@H](CCC(C)(O)c1ccccn1)O2. The van der Waals surface area contributed by atoms with Crippen LogP contribution in [0.15, 0.2) is 47.6 Å². The molecule has 0 saturated heterocycles. The largest absolute Gasteiger partial charge is 0.490 e. The summed E-state index contributed by atoms with van der Waals surface area (Å²) in [5.41, 5.74) is 7.72. The highest BCUT2D eigenvalue weighted by molar-refractivity contribution is 8.14. The molecule has 0 aliphatic carbocycles. The molecule has 4 rings (SSSR count). The fraction of sp³-hybridized carbons (Fsp3) is 0.429. The first-order valence-corrected chi connectivity index (χ1v) is 10.3. The van der Waals surface area contributed by atoms with Crippen molar-refractivity contribution in [3.8, 4) is 5.75 Å². The molecule has 1 spiro atoms. The van der Waals surface area contributed by atoms with Gasteiger partial charge in [0.25, 0.3) is 0 Å². The van der Waals surface area contributed by atoms with Crippen LogP contribution in [0.3, 0.4) is 0 Å². The second-order valence-corrected chi connectivity index (χ2v) is 8.74. The van der Waals surface area contributed by atoms with Crippen molar-refractivity contribution in [1.29, 1.82) is 0 Å². The molecule has 5 nitrogen and oxygen atoms in total. The summed E-state index contributed by atoms with van der Waals surface area (Å²) >= 11 is 1.61. The van der Waals surface area contributed by atoms with Gasteiger partial charge in [-0.2, -0.15) is 0 Å². The molecule has 1 aromatic heterocycles. The molecule has 2 aliphatic heterocycles. The Balaban J connectivity index is 1.56. The molecule has 6 heteroatoms. The summed E-state index contributed by atoms with van der Waals surface area (Å²) in [6, 6.07) is 11.9. The van der Waals surface area contributed by atoms with Gasteiger partial charge in [0.2, 0.25) is 0 Å². The Labute approximate surface area is 164 Å². The first kappa shape index (κ1) is 18.3. The van der Waals surface area contributed by atoms with Gasteiger partial charge in [-0.05, 0) is 51.0 Å². The normalized spacial score (nSPS) is 26.2. The zero-order chi connectivity index (χ0) is 19.1. The molecule has 2 aromatic rings. The third-order valence-corrected chi connectivity index (χ3v) is 6.46. The van der Waals surface area contributed by atoms with E-state index in [-0.39, 0.29) is 11.6 Å². The molecule has 3 heterocycles. The van der Waals surface area contributed by atoms with Gasteiger partial charge < -0.3 is 15.6 Å². The molecule has 1 unspecified atom stereocenters. The van der Waals surface area contributed by atoms with E-state index in [4.69, 9.17) is 15.5 Å². The molecule has 142 valence electrons. The fourth-order valence-corrected chi connectivity index (χ4v) is 4.91. The number of amidine groups is 1. The van der Waals surface area contributed by atoms with Crippen molar-refractivity contribution >= 4 is 16.9 Å². The molecule has 0 bridgehead atoms. The van der Waals surface area contributed by atoms with Crippen LogP contribution in [-0.4, -0.2) is 27.1 Å². The number of rotatable bonds is 4. The molecule has 0 amide bonds. The first-order chi connectivity index (χ1) is 12.9. The summed E-state index contributed by atoms with van der Waals surface area (Å²) in [5, 5.41) is 11.5. The van der Waals surface area contributed by atoms with Gasteiger partial charge in [0, 0.05) is 23.9 Å². The number of nitrogens with two attached hydrogens (primary N) is 1. The minimum Gasteiger partial charge on any atom is -0.490 e. The van der Waals surface area contributed by atoms with Crippen LogP contribution in [-0.2, 0) is 11.1 Å². The Morgan fingerprint density at radius 1 is 1.37 bits per heavy atom. The van der Waals surface area contributed by atoms with E-state index in [1.54, 1.807) is 18.0 Å². The predicted octanol–water partition coefficient (Wildman–Crippen LogP) is 3.49. The van der Waals surface area contributed by atoms with Crippen LogP contribution in [0.2, 0.25) is 0 Å². The number of ether oxygens (including phenoxy) is 1. The molecule has 27 heavy (non-hydrogen) atoms. The van der Waals surface area contributed by atoms with E-state index in [1.807, 2.05) is 31.2 Å². The smallest absolute Gasteiger partial charge is 0.154 e. The molecule has 0 saturated carbocycles. The van der Waals surface area contributed by atoms with E-state index in [0.29, 0.717) is 17.3 Å². The van der Waals surface area contributed by atoms with Crippen molar-refractivity contribution in [1.82, 2.24) is 4.98 Å². The molecule has 0 fully saturated rings. The van der Waals surface area contributed by atoms with E-state index < -0.39 is 5.60 Å². The topological polar surface area (TPSA) is 80.7 Å². The Morgan fingerprint density at radius 2 is 2.22 bits per heavy atom. The maximum absolute atomic E-state index is 10.9. The average molecular weight is 384 g/mol. The first-order valence-electron chi connectivity index (χ1n) is 9.28. The number of aryl methyl sites for hydroxylation is 1. The van der Waals surface area contributed by atoms with E-state index in [9.17, 15) is 5.11 Å². The molecular weight excluding hydrogens is 358 g/mol. The Kier molecular flexibility index (Phi) is 4.64. The molecule has 0 radical (unpaired) electrons. The monoisotopic (exact) mass is 383 g/mol. The number of benzene rings is 1. The molecule has 1 aromatic carbocycles. The number of aromatic nitrogens is 1. The average Bonchev–Trinajstić information content (AvgIpc) is 3.03. The van der Waals surface area contributed by atoms with Crippen LogP contribution in [0.1, 0.15) is 43.0 Å². The van der Waals surface area contributed by atoms with Crippen LogP contribution >= 0.6 is 11.8 Å². The lowest BCUT2D eigenvalue weighted by Gasteiger charge is -2.38. The van der Waals surface area contributed by atoms with Gasteiger partial charge in [-0.15, -0.1) is 0 Å². The minimum absolute atomic E-state index is 0.0226. The number of hydrogen-bond acceptors (Lipinski definition) is 6. The van der Waals surface area contributed by atoms with E-state index in [0.717, 1.165) is 29.9 Å². The van der Waals surface area contributed by atoms with Gasteiger partial charge in [-0.3, -0.25) is 9.98 Å². The van der Waals surface area contributed by atoms with E-state index in [1.165, 1.54) is 5.56 Å². The van der Waals surface area contributed by atoms with Crippen molar-refractivity contribution in [2.75, 3.05) is 5.75 Å². The summed E-state index contributed by atoms with van der Waals surface area (Å²) in [5.74, 6) is 1.72. The van der Waals surface area contributed by atoms with Crippen molar-refractivity contribution in [2.24, 2.45) is 10.7 Å². The number of thioether (sulfide) groups is 1. The summed E-state index contributed by atoms with van der Waals surface area (Å²) < 4.78 is 6.29. The Morgan fingerprint density at radius 3 is 2.93 bits per heavy atom. The predicted molar refractivity (Wildman–Crippen MR) is 109 cm³/mol. The fourth-order valence-electron chi connectivity index (χ4n) is 3.94. The summed E-state index contributed by atoms with van der Waals surface area (Å²) in [6.07, 6.45) is 3.75. The maximum Gasteiger partial charge on any atom is 0.154 e. The van der Waals surface area contributed by atoms with E-state index >= 15 is 0 Å². The maximum atomic E-state index is 10.9. The summed E-state index contributed by atoms with van der Waals surface area (Å²) in [4.78, 5) is 9.13. The number of nitrogens with zero attached hydrogens (tertiary/aromatic N) is 2. The van der Waals surface area contributed by atoms with Gasteiger partial charge in [-0.1, -0.05) is 29.5 Å². The Bertz CT molecular complexity index is 869. The third-order valence-electron chi connectivity index (χ3n) is 5.45. The summed E-state index contributed by atoms with van der Waals surface area (Å²) in [6.45, 7) is 3.89. The summed E-state index contributed by atoms with van der Waals surface area (Å²) in [7, 11) is 0. The number of pyridine rings is 1. The lowest BCUT2D eigenvalue weighted by Crippen LogP contribution is -2.39. The number of fused-ring (bicyclic) bond motifs is 2. The zero-order valence-electron chi connectivity index (χ0n) is 15.7. The molecule has 3 N–H and O–H groups in total. The highest BCUT2D eigenvalue weighted by Gasteiger charge is 2.45.